The Morgan fingerprint density at radius 3 is 2.41 bits per heavy atom. The highest BCUT2D eigenvalue weighted by Gasteiger charge is 2.34. The molecule has 0 bridgehead atoms. The number of allylic oxidation sites excluding steroid dienone is 1. The SMILES string of the molecule is CC1=C(c2nc(-c3ccc(C)cc3)no2)C(c2ccc(C)c(C)c2)NC(=S)N1CC(C)C. The average Bonchev–Trinajstić information content (AvgIpc) is 3.22. The molecule has 0 aliphatic carbocycles. The van der Waals surface area contributed by atoms with Gasteiger partial charge in [0.2, 0.25) is 5.82 Å². The molecule has 0 amide bonds. The Morgan fingerprint density at radius 2 is 1.75 bits per heavy atom. The van der Waals surface area contributed by atoms with Gasteiger partial charge in [-0.25, -0.2) is 0 Å². The molecule has 1 aliphatic rings. The van der Waals surface area contributed by atoms with Gasteiger partial charge in [0, 0.05) is 17.8 Å². The van der Waals surface area contributed by atoms with Crippen molar-refractivity contribution in [2.75, 3.05) is 6.54 Å². The van der Waals surface area contributed by atoms with Crippen LogP contribution in [-0.2, 0) is 0 Å². The monoisotopic (exact) mass is 446 g/mol. The van der Waals surface area contributed by atoms with Gasteiger partial charge in [-0.1, -0.05) is 67.0 Å². The molecule has 0 saturated carbocycles. The Balaban J connectivity index is 1.82. The van der Waals surface area contributed by atoms with Crippen LogP contribution in [-0.4, -0.2) is 26.7 Å². The minimum atomic E-state index is -0.156. The van der Waals surface area contributed by atoms with E-state index in [1.165, 1.54) is 16.7 Å². The van der Waals surface area contributed by atoms with Crippen molar-refractivity contribution in [1.82, 2.24) is 20.4 Å². The van der Waals surface area contributed by atoms with Gasteiger partial charge in [-0.15, -0.1) is 0 Å². The molecule has 0 fully saturated rings. The second-order valence-electron chi connectivity index (χ2n) is 9.02. The lowest BCUT2D eigenvalue weighted by molar-refractivity contribution is 0.386. The van der Waals surface area contributed by atoms with E-state index < -0.39 is 0 Å². The van der Waals surface area contributed by atoms with Crippen LogP contribution in [0.15, 0.2) is 52.7 Å². The highest BCUT2D eigenvalue weighted by molar-refractivity contribution is 7.80. The average molecular weight is 447 g/mol. The number of aromatic nitrogens is 2. The van der Waals surface area contributed by atoms with Crippen molar-refractivity contribution < 1.29 is 4.52 Å². The summed E-state index contributed by atoms with van der Waals surface area (Å²) in [5, 5.41) is 8.56. The standard InChI is InChI=1S/C26H30N4OS/c1-15(2)14-30-19(6)22(23(27-26(30)32)21-12-9-17(4)18(5)13-21)25-28-24(29-31-25)20-10-7-16(3)8-11-20/h7-13,15,23H,14H2,1-6H3,(H,27,32). The van der Waals surface area contributed by atoms with E-state index in [0.29, 0.717) is 17.6 Å². The Morgan fingerprint density at radius 1 is 1.03 bits per heavy atom. The Kier molecular flexibility index (Phi) is 6.15. The highest BCUT2D eigenvalue weighted by Crippen LogP contribution is 2.38. The Labute approximate surface area is 195 Å². The highest BCUT2D eigenvalue weighted by atomic mass is 32.1. The van der Waals surface area contributed by atoms with Crippen LogP contribution in [0.1, 0.15) is 55.0 Å². The van der Waals surface area contributed by atoms with E-state index in [1.807, 2.05) is 12.1 Å². The molecule has 0 spiro atoms. The van der Waals surface area contributed by atoms with E-state index in [4.69, 9.17) is 21.7 Å². The fraction of sp³-hybridized carbons (Fsp3) is 0.346. The summed E-state index contributed by atoms with van der Waals surface area (Å²) < 4.78 is 5.82. The topological polar surface area (TPSA) is 54.2 Å². The lowest BCUT2D eigenvalue weighted by Gasteiger charge is -2.38. The van der Waals surface area contributed by atoms with Crippen LogP contribution in [0.3, 0.4) is 0 Å². The zero-order valence-electron chi connectivity index (χ0n) is 19.6. The van der Waals surface area contributed by atoms with Crippen LogP contribution in [0, 0.1) is 26.7 Å². The molecule has 0 saturated heterocycles. The van der Waals surface area contributed by atoms with Gasteiger partial charge in [0.15, 0.2) is 5.11 Å². The summed E-state index contributed by atoms with van der Waals surface area (Å²) in [6.45, 7) is 13.6. The molecule has 6 heteroatoms. The van der Waals surface area contributed by atoms with Gasteiger partial charge in [-0.05, 0) is 62.5 Å². The van der Waals surface area contributed by atoms with Crippen molar-refractivity contribution in [3.8, 4) is 11.4 Å². The van der Waals surface area contributed by atoms with E-state index in [1.54, 1.807) is 0 Å². The van der Waals surface area contributed by atoms with Gasteiger partial charge in [-0.2, -0.15) is 4.98 Å². The second kappa shape index (κ2) is 8.87. The molecule has 1 aliphatic heterocycles. The number of nitrogens with one attached hydrogen (secondary N) is 1. The predicted octanol–water partition coefficient (Wildman–Crippen LogP) is 5.98. The summed E-state index contributed by atoms with van der Waals surface area (Å²) in [7, 11) is 0. The fourth-order valence-electron chi connectivity index (χ4n) is 3.99. The lowest BCUT2D eigenvalue weighted by atomic mass is 9.92. The first-order chi connectivity index (χ1) is 15.2. The third-order valence-corrected chi connectivity index (χ3v) is 6.31. The number of thiocarbonyl (C=S) groups is 1. The van der Waals surface area contributed by atoms with E-state index in [2.05, 4.69) is 87.2 Å². The van der Waals surface area contributed by atoms with E-state index in [0.717, 1.165) is 34.1 Å². The number of hydrogen-bond donors (Lipinski definition) is 1. The summed E-state index contributed by atoms with van der Waals surface area (Å²) >= 11 is 5.77. The van der Waals surface area contributed by atoms with Crippen LogP contribution in [0.4, 0.5) is 0 Å². The number of nitrogens with zero attached hydrogens (tertiary/aromatic N) is 3. The molecule has 0 radical (unpaired) electrons. The summed E-state index contributed by atoms with van der Waals surface area (Å²) in [4.78, 5) is 6.93. The largest absolute Gasteiger partial charge is 0.351 e. The first-order valence-corrected chi connectivity index (χ1v) is 11.4. The summed E-state index contributed by atoms with van der Waals surface area (Å²) in [5.74, 6) is 1.56. The van der Waals surface area contributed by atoms with Crippen molar-refractivity contribution in [2.45, 2.75) is 47.6 Å². The van der Waals surface area contributed by atoms with Gasteiger partial charge in [0.05, 0.1) is 11.6 Å². The van der Waals surface area contributed by atoms with Crippen molar-refractivity contribution in [2.24, 2.45) is 5.92 Å². The summed E-state index contributed by atoms with van der Waals surface area (Å²) in [5.41, 5.74) is 7.77. The van der Waals surface area contributed by atoms with Crippen molar-refractivity contribution in [3.63, 3.8) is 0 Å². The normalized spacial score (nSPS) is 16.7. The third-order valence-electron chi connectivity index (χ3n) is 5.97. The number of benzene rings is 2. The molecule has 1 atom stereocenters. The number of hydrogen-bond acceptors (Lipinski definition) is 4. The van der Waals surface area contributed by atoms with Crippen LogP contribution in [0.5, 0.6) is 0 Å². The van der Waals surface area contributed by atoms with Crippen molar-refractivity contribution >= 4 is 22.9 Å². The predicted molar refractivity (Wildman–Crippen MR) is 133 cm³/mol. The zero-order chi connectivity index (χ0) is 23.0. The maximum atomic E-state index is 5.82. The van der Waals surface area contributed by atoms with Gasteiger partial charge in [0.25, 0.3) is 5.89 Å². The zero-order valence-corrected chi connectivity index (χ0v) is 20.4. The summed E-state index contributed by atoms with van der Waals surface area (Å²) in [6, 6.07) is 14.5. The molecule has 3 aromatic rings. The van der Waals surface area contributed by atoms with Gasteiger partial charge < -0.3 is 14.7 Å². The number of aryl methyl sites for hydroxylation is 3. The molecule has 2 aromatic carbocycles. The van der Waals surface area contributed by atoms with Crippen LogP contribution >= 0.6 is 12.2 Å². The quantitative estimate of drug-likeness (QED) is 0.487. The first-order valence-electron chi connectivity index (χ1n) is 11.0. The van der Waals surface area contributed by atoms with Crippen molar-refractivity contribution in [1.29, 1.82) is 0 Å². The molecule has 1 aromatic heterocycles. The molecule has 5 nitrogen and oxygen atoms in total. The second-order valence-corrected chi connectivity index (χ2v) is 9.41. The van der Waals surface area contributed by atoms with Crippen LogP contribution < -0.4 is 5.32 Å². The smallest absolute Gasteiger partial charge is 0.258 e. The molecule has 4 rings (SSSR count). The molecule has 1 N–H and O–H groups in total. The summed E-state index contributed by atoms with van der Waals surface area (Å²) in [6.07, 6.45) is 0. The minimum absolute atomic E-state index is 0.156. The maximum Gasteiger partial charge on any atom is 0.258 e. The Bertz CT molecular complexity index is 1180. The first kappa shape index (κ1) is 22.2. The molecular formula is C26H30N4OS. The van der Waals surface area contributed by atoms with Gasteiger partial charge in [-0.3, -0.25) is 0 Å². The third kappa shape index (κ3) is 4.32. The lowest BCUT2D eigenvalue weighted by Crippen LogP contribution is -2.47. The fourth-order valence-corrected chi connectivity index (χ4v) is 4.32. The molecule has 32 heavy (non-hydrogen) atoms. The minimum Gasteiger partial charge on any atom is -0.351 e. The maximum absolute atomic E-state index is 5.82. The van der Waals surface area contributed by atoms with E-state index in [9.17, 15) is 0 Å². The molecule has 166 valence electrons. The number of rotatable bonds is 5. The van der Waals surface area contributed by atoms with Gasteiger partial charge >= 0.3 is 0 Å². The Hall–Kier alpha value is -2.99. The molecule has 2 heterocycles. The van der Waals surface area contributed by atoms with Crippen LogP contribution in [0.2, 0.25) is 0 Å². The van der Waals surface area contributed by atoms with E-state index >= 15 is 0 Å². The molecular weight excluding hydrogens is 416 g/mol. The molecule has 1 unspecified atom stereocenters. The van der Waals surface area contributed by atoms with Crippen molar-refractivity contribution in [3.05, 3.63) is 76.3 Å². The van der Waals surface area contributed by atoms with Gasteiger partial charge in [0.1, 0.15) is 0 Å². The van der Waals surface area contributed by atoms with Crippen LogP contribution in [0.25, 0.3) is 17.0 Å². The van der Waals surface area contributed by atoms with E-state index in [-0.39, 0.29) is 6.04 Å².